The monoisotopic (exact) mass is 574 g/mol. The number of ether oxygens (including phenoxy) is 1. The van der Waals surface area contributed by atoms with Crippen molar-refractivity contribution in [3.05, 3.63) is 139 Å². The van der Waals surface area contributed by atoms with Crippen LogP contribution in [0.2, 0.25) is 0 Å². The van der Waals surface area contributed by atoms with E-state index in [0.29, 0.717) is 38.6 Å². The van der Waals surface area contributed by atoms with Crippen LogP contribution in [0.4, 0.5) is 5.69 Å². The fourth-order valence-corrected chi connectivity index (χ4v) is 6.60. The van der Waals surface area contributed by atoms with Crippen molar-refractivity contribution in [2.24, 2.45) is 4.99 Å². The van der Waals surface area contributed by atoms with Crippen molar-refractivity contribution in [3.8, 4) is 5.75 Å². The van der Waals surface area contributed by atoms with Crippen molar-refractivity contribution in [3.63, 3.8) is 0 Å². The Labute approximate surface area is 247 Å². The van der Waals surface area contributed by atoms with Crippen LogP contribution in [0.3, 0.4) is 0 Å². The number of para-hydroxylation sites is 2. The van der Waals surface area contributed by atoms with Gasteiger partial charge in [-0.15, -0.1) is 6.58 Å². The molecule has 1 amide bonds. The normalized spacial score (nSPS) is 14.9. The molecule has 7 nitrogen and oxygen atoms in total. The van der Waals surface area contributed by atoms with E-state index >= 15 is 0 Å². The molecule has 0 saturated carbocycles. The molecule has 1 aliphatic rings. The number of rotatable bonds is 7. The minimum atomic E-state index is -0.666. The smallest absolute Gasteiger partial charge is 0.271 e. The summed E-state index contributed by atoms with van der Waals surface area (Å²) < 4.78 is 9.76. The number of benzene rings is 3. The lowest BCUT2D eigenvalue weighted by atomic mass is 9.95. The molecule has 2 aromatic heterocycles. The Bertz CT molecular complexity index is 2050. The van der Waals surface area contributed by atoms with Crippen LogP contribution in [0.5, 0.6) is 5.75 Å². The third-order valence-electron chi connectivity index (χ3n) is 7.60. The Balaban J connectivity index is 1.54. The van der Waals surface area contributed by atoms with Gasteiger partial charge in [0, 0.05) is 34.4 Å². The van der Waals surface area contributed by atoms with Gasteiger partial charge in [0.1, 0.15) is 5.75 Å². The van der Waals surface area contributed by atoms with Gasteiger partial charge in [0.25, 0.3) is 11.5 Å². The highest BCUT2D eigenvalue weighted by molar-refractivity contribution is 7.07. The Morgan fingerprint density at radius 3 is 2.48 bits per heavy atom. The predicted octanol–water partition coefficient (Wildman–Crippen LogP) is 5.33. The third kappa shape index (κ3) is 4.69. The number of aromatic nitrogens is 2. The Morgan fingerprint density at radius 1 is 1.05 bits per heavy atom. The van der Waals surface area contributed by atoms with Gasteiger partial charge in [0.15, 0.2) is 4.80 Å². The van der Waals surface area contributed by atoms with Crippen molar-refractivity contribution in [2.75, 3.05) is 12.4 Å². The summed E-state index contributed by atoms with van der Waals surface area (Å²) in [6, 6.07) is 24.2. The maximum absolute atomic E-state index is 14.2. The summed E-state index contributed by atoms with van der Waals surface area (Å²) in [5, 5.41) is 4.05. The van der Waals surface area contributed by atoms with E-state index in [9.17, 15) is 9.59 Å². The van der Waals surface area contributed by atoms with E-state index in [-0.39, 0.29) is 11.5 Å². The largest absolute Gasteiger partial charge is 0.497 e. The van der Waals surface area contributed by atoms with E-state index in [0.717, 1.165) is 27.7 Å². The van der Waals surface area contributed by atoms with Gasteiger partial charge >= 0.3 is 0 Å². The van der Waals surface area contributed by atoms with E-state index in [4.69, 9.17) is 9.73 Å². The first-order valence-corrected chi connectivity index (χ1v) is 14.4. The number of hydrogen-bond donors (Lipinski definition) is 1. The minimum absolute atomic E-state index is 0.197. The molecule has 5 aromatic rings. The average Bonchev–Trinajstić information content (AvgIpc) is 3.45. The van der Waals surface area contributed by atoms with Crippen LogP contribution in [0.25, 0.3) is 17.0 Å². The summed E-state index contributed by atoms with van der Waals surface area (Å²) in [5.41, 5.74) is 5.36. The fourth-order valence-electron chi connectivity index (χ4n) is 5.57. The Morgan fingerprint density at radius 2 is 1.76 bits per heavy atom. The highest BCUT2D eigenvalue weighted by atomic mass is 32.1. The van der Waals surface area contributed by atoms with E-state index in [2.05, 4.69) is 35.5 Å². The molecule has 0 bridgehead atoms. The summed E-state index contributed by atoms with van der Waals surface area (Å²) in [6.45, 7) is 8.46. The zero-order chi connectivity index (χ0) is 29.4. The number of thiazole rings is 1. The van der Waals surface area contributed by atoms with Crippen LogP contribution in [-0.4, -0.2) is 22.2 Å². The molecule has 0 radical (unpaired) electrons. The number of nitrogens with one attached hydrogen (secondary N) is 1. The van der Waals surface area contributed by atoms with Crippen LogP contribution in [0.15, 0.2) is 113 Å². The van der Waals surface area contributed by atoms with Gasteiger partial charge in [-0.1, -0.05) is 65.9 Å². The summed E-state index contributed by atoms with van der Waals surface area (Å²) >= 11 is 1.33. The second-order valence-electron chi connectivity index (χ2n) is 10.1. The number of carbonyl (C=O) groups excluding carboxylic acids is 1. The van der Waals surface area contributed by atoms with Crippen molar-refractivity contribution in [1.29, 1.82) is 0 Å². The number of nitrogens with zero attached hydrogens (tertiary/aromatic N) is 3. The maximum Gasteiger partial charge on any atom is 0.271 e. The van der Waals surface area contributed by atoms with Crippen molar-refractivity contribution < 1.29 is 9.53 Å². The SMILES string of the molecule is C=CCn1c(C)c(C=c2sc3n(c2=O)C(c2ccc(OC)cc2)C(C(=O)Nc2ccccc2)=C(C)N=3)c2ccccc21. The first-order chi connectivity index (χ1) is 20.4. The molecule has 8 heteroatoms. The minimum Gasteiger partial charge on any atom is -0.497 e. The van der Waals surface area contributed by atoms with Crippen LogP contribution in [0.1, 0.15) is 29.8 Å². The molecular formula is C34H30N4O3S. The van der Waals surface area contributed by atoms with Gasteiger partial charge < -0.3 is 14.6 Å². The maximum atomic E-state index is 14.2. The molecule has 6 rings (SSSR count). The van der Waals surface area contributed by atoms with Crippen molar-refractivity contribution in [2.45, 2.75) is 26.4 Å². The lowest BCUT2D eigenvalue weighted by Gasteiger charge is -2.25. The first-order valence-electron chi connectivity index (χ1n) is 13.6. The van der Waals surface area contributed by atoms with Crippen molar-refractivity contribution >= 4 is 39.9 Å². The number of fused-ring (bicyclic) bond motifs is 2. The van der Waals surface area contributed by atoms with Gasteiger partial charge in [0.05, 0.1) is 29.0 Å². The highest BCUT2D eigenvalue weighted by Gasteiger charge is 2.32. The van der Waals surface area contributed by atoms with Crippen LogP contribution < -0.4 is 24.9 Å². The van der Waals surface area contributed by atoms with E-state index in [1.807, 2.05) is 85.8 Å². The molecule has 42 heavy (non-hydrogen) atoms. The lowest BCUT2D eigenvalue weighted by molar-refractivity contribution is -0.113. The first kappa shape index (κ1) is 27.2. The molecule has 3 heterocycles. The number of amides is 1. The standard InChI is InChI=1S/C34H30N4O3S/c1-5-19-37-22(3)27(26-13-9-10-14-28(26)37)20-29-33(40)38-31(23-15-17-25(41-4)18-16-23)30(21(2)35-34(38)42-29)32(39)36-24-11-7-6-8-12-24/h5-18,20,31H,1,19H2,2-4H3,(H,36,39). The van der Waals surface area contributed by atoms with E-state index < -0.39 is 6.04 Å². The van der Waals surface area contributed by atoms with E-state index in [1.54, 1.807) is 11.7 Å². The second kappa shape index (κ2) is 11.1. The number of carbonyl (C=O) groups is 1. The molecule has 0 fully saturated rings. The molecule has 0 aliphatic carbocycles. The summed E-state index contributed by atoms with van der Waals surface area (Å²) in [6.07, 6.45) is 3.83. The molecule has 1 aliphatic heterocycles. The molecule has 1 N–H and O–H groups in total. The number of methoxy groups -OCH3 is 1. The van der Waals surface area contributed by atoms with Crippen LogP contribution in [-0.2, 0) is 11.3 Å². The summed E-state index contributed by atoms with van der Waals surface area (Å²) in [5.74, 6) is 0.384. The molecule has 210 valence electrons. The Hall–Kier alpha value is -4.95. The van der Waals surface area contributed by atoms with Gasteiger partial charge in [0.2, 0.25) is 0 Å². The molecule has 0 spiro atoms. The third-order valence-corrected chi connectivity index (χ3v) is 8.58. The van der Waals surface area contributed by atoms with Crippen molar-refractivity contribution in [1.82, 2.24) is 9.13 Å². The quantitative estimate of drug-likeness (QED) is 0.267. The molecule has 3 aromatic carbocycles. The zero-order valence-electron chi connectivity index (χ0n) is 23.6. The Kier molecular flexibility index (Phi) is 7.22. The number of allylic oxidation sites excluding steroid dienone is 2. The van der Waals surface area contributed by atoms with Gasteiger partial charge in [-0.3, -0.25) is 14.2 Å². The average molecular weight is 575 g/mol. The summed E-state index contributed by atoms with van der Waals surface area (Å²) in [7, 11) is 1.61. The molecule has 1 unspecified atom stereocenters. The zero-order valence-corrected chi connectivity index (χ0v) is 24.4. The molecular weight excluding hydrogens is 544 g/mol. The second-order valence-corrected chi connectivity index (χ2v) is 11.1. The van der Waals surface area contributed by atoms with E-state index in [1.165, 1.54) is 11.3 Å². The van der Waals surface area contributed by atoms with Gasteiger partial charge in [-0.05, 0) is 55.8 Å². The molecule has 1 atom stereocenters. The molecule has 0 saturated heterocycles. The van der Waals surface area contributed by atoms with Crippen LogP contribution in [0, 0.1) is 6.92 Å². The highest BCUT2D eigenvalue weighted by Crippen LogP contribution is 2.32. The lowest BCUT2D eigenvalue weighted by Crippen LogP contribution is -2.40. The summed E-state index contributed by atoms with van der Waals surface area (Å²) in [4.78, 5) is 33.3. The van der Waals surface area contributed by atoms with Gasteiger partial charge in [-0.2, -0.15) is 0 Å². The predicted molar refractivity (Wildman–Crippen MR) is 169 cm³/mol. The number of anilines is 1. The number of hydrogen-bond acceptors (Lipinski definition) is 5. The fraction of sp³-hybridized carbons (Fsp3) is 0.147. The van der Waals surface area contributed by atoms with Crippen LogP contribution >= 0.6 is 11.3 Å². The van der Waals surface area contributed by atoms with Gasteiger partial charge in [-0.25, -0.2) is 4.99 Å². The topological polar surface area (TPSA) is 77.6 Å².